The smallest absolute Gasteiger partial charge is 0.306 e. The van der Waals surface area contributed by atoms with Crippen LogP contribution in [-0.2, 0) is 14.3 Å². The molecule has 31 heavy (non-hydrogen) atoms. The van der Waals surface area contributed by atoms with Gasteiger partial charge >= 0.3 is 5.97 Å². The van der Waals surface area contributed by atoms with Crippen molar-refractivity contribution in [1.29, 1.82) is 0 Å². The van der Waals surface area contributed by atoms with Crippen molar-refractivity contribution in [2.75, 3.05) is 0 Å². The Balaban J connectivity index is 1.82. The summed E-state index contributed by atoms with van der Waals surface area (Å²) in [6, 6.07) is 0. The summed E-state index contributed by atoms with van der Waals surface area (Å²) in [5, 5.41) is 0. The van der Waals surface area contributed by atoms with E-state index < -0.39 is 60.7 Å². The summed E-state index contributed by atoms with van der Waals surface area (Å²) in [4.78, 5) is 25.5. The fraction of sp³-hybridized carbons (Fsp3) is 0.857. The lowest BCUT2D eigenvalue weighted by Crippen LogP contribution is -2.56. The molecule has 3 heteroatoms. The molecule has 174 valence electrons. The van der Waals surface area contributed by atoms with Gasteiger partial charge in [-0.1, -0.05) is 52.4 Å². The van der Waals surface area contributed by atoms with Crippen LogP contribution in [0, 0.1) is 34.5 Å². The third-order valence-corrected chi connectivity index (χ3v) is 9.04. The minimum Gasteiger partial charge on any atom is -0.458 e. The Morgan fingerprint density at radius 3 is 2.74 bits per heavy atom. The number of esters is 1. The Kier molecular flexibility index (Phi) is 3.82. The first-order chi connectivity index (χ1) is 18.4. The second-order valence-electron chi connectivity index (χ2n) is 10.7. The third-order valence-electron chi connectivity index (χ3n) is 9.04. The minimum absolute atomic E-state index is 0.0304. The summed E-state index contributed by atoms with van der Waals surface area (Å²) in [5.41, 5.74) is -4.62. The number of fused-ring (bicyclic) bond motifs is 5. The Hall–Kier alpha value is -1.12. The van der Waals surface area contributed by atoms with E-state index in [4.69, 9.17) is 17.1 Å². The Bertz CT molecular complexity index is 1030. The number of carbonyl (C=O) groups excluding carboxylic acids is 2. The molecule has 0 bridgehead atoms. The number of carbonyl (C=O) groups is 2. The van der Waals surface area contributed by atoms with E-state index in [0.717, 1.165) is 19.3 Å². The van der Waals surface area contributed by atoms with E-state index in [-0.39, 0.29) is 50.2 Å². The second kappa shape index (κ2) is 8.34. The molecule has 0 aromatic heterocycles. The van der Waals surface area contributed by atoms with Gasteiger partial charge in [0, 0.05) is 30.6 Å². The molecule has 0 aromatic carbocycles. The number of allylic oxidation sites excluding steroid dienone is 1. The maximum atomic E-state index is 13.2. The molecule has 0 heterocycles. The molecule has 0 radical (unpaired) electrons. The molecular formula is C28H44O3. The van der Waals surface area contributed by atoms with Crippen LogP contribution in [0.4, 0.5) is 0 Å². The maximum absolute atomic E-state index is 13.2. The number of hydrogen-bond acceptors (Lipinski definition) is 3. The average molecular weight is 438 g/mol. The Morgan fingerprint density at radius 2 is 2.00 bits per heavy atom. The standard InChI is InChI=1S/C28H44O3/c1-6-7-8-9-10-25(30)31-28(5)19(2)17-24-22-12-11-20-18-21(29)13-15-26(20,3)23(22)14-16-27(24,28)4/h18-19,22-24H,6-17H2,1-5H3/t19?,22-,23+,24+,26+,27+,28+/m1/s1/i3D3,4D3,5D3. The molecular weight excluding hydrogens is 384 g/mol. The van der Waals surface area contributed by atoms with Crippen molar-refractivity contribution in [2.24, 2.45) is 34.5 Å². The number of rotatable bonds is 6. The van der Waals surface area contributed by atoms with Gasteiger partial charge in [-0.2, -0.15) is 0 Å². The lowest BCUT2D eigenvalue weighted by molar-refractivity contribution is -0.186. The van der Waals surface area contributed by atoms with Crippen LogP contribution < -0.4 is 0 Å². The normalized spacial score (nSPS) is 49.7. The summed E-state index contributed by atoms with van der Waals surface area (Å²) in [7, 11) is 0. The third kappa shape index (κ3) is 3.62. The first-order valence-electron chi connectivity index (χ1n) is 16.9. The predicted molar refractivity (Wildman–Crippen MR) is 125 cm³/mol. The Morgan fingerprint density at radius 1 is 1.13 bits per heavy atom. The van der Waals surface area contributed by atoms with Gasteiger partial charge in [0.2, 0.25) is 0 Å². The van der Waals surface area contributed by atoms with Crippen molar-refractivity contribution in [3.8, 4) is 0 Å². The summed E-state index contributed by atoms with van der Waals surface area (Å²) in [6.07, 6.45) is 6.32. The fourth-order valence-electron chi connectivity index (χ4n) is 7.30. The molecule has 3 fully saturated rings. The molecule has 0 aliphatic heterocycles. The van der Waals surface area contributed by atoms with Crippen molar-refractivity contribution < 1.29 is 26.7 Å². The predicted octanol–water partition coefficient (Wildman–Crippen LogP) is 7.04. The number of ketones is 1. The van der Waals surface area contributed by atoms with Crippen LogP contribution in [0.3, 0.4) is 0 Å². The second-order valence-corrected chi connectivity index (χ2v) is 10.7. The van der Waals surface area contributed by atoms with Crippen molar-refractivity contribution in [2.45, 2.75) is 117 Å². The van der Waals surface area contributed by atoms with Crippen molar-refractivity contribution in [3.63, 3.8) is 0 Å². The van der Waals surface area contributed by atoms with Gasteiger partial charge in [0.05, 0.1) is 0 Å². The largest absolute Gasteiger partial charge is 0.458 e. The van der Waals surface area contributed by atoms with Crippen molar-refractivity contribution in [1.82, 2.24) is 0 Å². The maximum Gasteiger partial charge on any atom is 0.306 e. The van der Waals surface area contributed by atoms with Gasteiger partial charge in [-0.25, -0.2) is 0 Å². The monoisotopic (exact) mass is 437 g/mol. The molecule has 0 aromatic rings. The van der Waals surface area contributed by atoms with Crippen molar-refractivity contribution in [3.05, 3.63) is 11.6 Å². The van der Waals surface area contributed by atoms with E-state index in [1.54, 1.807) is 6.92 Å². The van der Waals surface area contributed by atoms with Crippen LogP contribution in [-0.4, -0.2) is 17.4 Å². The molecule has 0 amide bonds. The van der Waals surface area contributed by atoms with E-state index in [0.29, 0.717) is 24.8 Å². The number of unbranched alkanes of at least 4 members (excludes halogenated alkanes) is 3. The SMILES string of the molecule is [2H]C([2H])([2H])[C@]1(OC(=O)CCCCCC)C(C)C[C@H]2[C@@H]3CCC4=CC(=O)CC[C@]4(C([2H])([2H])[2H])[C@H]3CC[C@@]21C([2H])([2H])[2H]. The van der Waals surface area contributed by atoms with Crippen LogP contribution in [0.1, 0.15) is 124 Å². The molecule has 4 rings (SSSR count). The van der Waals surface area contributed by atoms with Gasteiger partial charge in [-0.05, 0) is 87.0 Å². The topological polar surface area (TPSA) is 43.4 Å². The molecule has 3 nitrogen and oxygen atoms in total. The lowest BCUT2D eigenvalue weighted by Gasteiger charge is -2.59. The van der Waals surface area contributed by atoms with Crippen molar-refractivity contribution >= 4 is 11.8 Å². The van der Waals surface area contributed by atoms with E-state index in [2.05, 4.69) is 0 Å². The zero-order valence-corrected chi connectivity index (χ0v) is 19.1. The summed E-state index contributed by atoms with van der Waals surface area (Å²) < 4.78 is 84.3. The first-order valence-corrected chi connectivity index (χ1v) is 12.4. The minimum atomic E-state index is -2.89. The van der Waals surface area contributed by atoms with E-state index in [9.17, 15) is 9.59 Å². The zero-order valence-electron chi connectivity index (χ0n) is 28.1. The molecule has 3 saturated carbocycles. The number of ether oxygens (including phenoxy) is 1. The summed E-state index contributed by atoms with van der Waals surface area (Å²) >= 11 is 0. The zero-order chi connectivity index (χ0) is 29.9. The number of hydrogen-bond donors (Lipinski definition) is 0. The van der Waals surface area contributed by atoms with Gasteiger partial charge in [0.25, 0.3) is 0 Å². The van der Waals surface area contributed by atoms with Crippen LogP contribution >= 0.6 is 0 Å². The van der Waals surface area contributed by atoms with Crippen LogP contribution in [0.5, 0.6) is 0 Å². The van der Waals surface area contributed by atoms with Crippen LogP contribution in [0.15, 0.2) is 11.6 Å². The molecule has 0 N–H and O–H groups in total. The van der Waals surface area contributed by atoms with E-state index >= 15 is 0 Å². The molecule has 0 saturated heterocycles. The molecule has 7 atom stereocenters. The summed E-state index contributed by atoms with van der Waals surface area (Å²) in [6.45, 7) is -4.30. The summed E-state index contributed by atoms with van der Waals surface area (Å²) in [5.74, 6) is -2.93. The highest BCUT2D eigenvalue weighted by Crippen LogP contribution is 2.69. The van der Waals surface area contributed by atoms with Gasteiger partial charge < -0.3 is 4.74 Å². The van der Waals surface area contributed by atoms with E-state index in [1.807, 2.05) is 6.92 Å². The quantitative estimate of drug-likeness (QED) is 0.331. The average Bonchev–Trinajstić information content (AvgIpc) is 3.10. The van der Waals surface area contributed by atoms with Gasteiger partial charge in [-0.3, -0.25) is 9.59 Å². The van der Waals surface area contributed by atoms with Gasteiger partial charge in [0.15, 0.2) is 5.78 Å². The van der Waals surface area contributed by atoms with Gasteiger partial charge in [-0.15, -0.1) is 0 Å². The highest BCUT2D eigenvalue weighted by molar-refractivity contribution is 5.91. The van der Waals surface area contributed by atoms with E-state index in [1.165, 1.54) is 6.08 Å². The lowest BCUT2D eigenvalue weighted by atomic mass is 9.46. The molecule has 4 aliphatic rings. The van der Waals surface area contributed by atoms with Crippen LogP contribution in [0.25, 0.3) is 0 Å². The first kappa shape index (κ1) is 14.2. The molecule has 4 aliphatic carbocycles. The Labute approximate surface area is 202 Å². The van der Waals surface area contributed by atoms with Gasteiger partial charge in [0.1, 0.15) is 5.60 Å². The highest BCUT2D eigenvalue weighted by Gasteiger charge is 2.66. The fourth-order valence-corrected chi connectivity index (χ4v) is 7.30. The van der Waals surface area contributed by atoms with Crippen LogP contribution in [0.2, 0.25) is 0 Å². The molecule has 1 unspecified atom stereocenters. The highest BCUT2D eigenvalue weighted by atomic mass is 16.6. The molecule has 0 spiro atoms.